The van der Waals surface area contributed by atoms with Crippen molar-refractivity contribution in [2.75, 3.05) is 19.7 Å². The van der Waals surface area contributed by atoms with E-state index in [0.29, 0.717) is 6.07 Å². The molecule has 7 heteroatoms. The molecule has 1 fully saturated rings. The third-order valence-electron chi connectivity index (χ3n) is 2.99. The number of hydrogen-bond donors (Lipinski definition) is 1. The van der Waals surface area contributed by atoms with Crippen molar-refractivity contribution in [1.82, 2.24) is 4.90 Å². The SMILES string of the molecule is CC1(OCC(=O)O)CN(C(=O)c2cc(F)cc(F)c2)C1. The monoisotopic (exact) mass is 285 g/mol. The fraction of sp³-hybridized carbons (Fsp3) is 0.385. The van der Waals surface area contributed by atoms with E-state index in [1.165, 1.54) is 4.90 Å². The first-order chi connectivity index (χ1) is 9.29. The second-order valence-electron chi connectivity index (χ2n) is 4.95. The summed E-state index contributed by atoms with van der Waals surface area (Å²) in [4.78, 5) is 23.7. The van der Waals surface area contributed by atoms with Crippen molar-refractivity contribution >= 4 is 11.9 Å². The fourth-order valence-corrected chi connectivity index (χ4v) is 2.09. The first kappa shape index (κ1) is 14.4. The summed E-state index contributed by atoms with van der Waals surface area (Å²) in [7, 11) is 0. The molecule has 1 aliphatic rings. The van der Waals surface area contributed by atoms with Crippen LogP contribution in [0, 0.1) is 11.6 Å². The number of carboxylic acids is 1. The van der Waals surface area contributed by atoms with Gasteiger partial charge in [0.25, 0.3) is 5.91 Å². The van der Waals surface area contributed by atoms with Gasteiger partial charge in [-0.1, -0.05) is 0 Å². The zero-order valence-electron chi connectivity index (χ0n) is 10.7. The Morgan fingerprint density at radius 3 is 2.35 bits per heavy atom. The van der Waals surface area contributed by atoms with Crippen LogP contribution in [0.2, 0.25) is 0 Å². The summed E-state index contributed by atoms with van der Waals surface area (Å²) in [5.74, 6) is -3.25. The summed E-state index contributed by atoms with van der Waals surface area (Å²) in [5, 5.41) is 8.52. The highest BCUT2D eigenvalue weighted by molar-refractivity contribution is 5.95. The lowest BCUT2D eigenvalue weighted by Gasteiger charge is -2.47. The number of aliphatic carboxylic acids is 1. The lowest BCUT2D eigenvalue weighted by molar-refractivity contribution is -0.159. The minimum atomic E-state index is -1.09. The van der Waals surface area contributed by atoms with Crippen molar-refractivity contribution < 1.29 is 28.2 Å². The maximum Gasteiger partial charge on any atom is 0.329 e. The van der Waals surface area contributed by atoms with Crippen LogP contribution in [0.3, 0.4) is 0 Å². The molecule has 1 amide bonds. The second-order valence-corrected chi connectivity index (χ2v) is 4.95. The highest BCUT2D eigenvalue weighted by Crippen LogP contribution is 2.26. The number of carbonyl (C=O) groups is 2. The van der Waals surface area contributed by atoms with Crippen LogP contribution in [-0.4, -0.2) is 47.2 Å². The Kier molecular flexibility index (Phi) is 3.71. The van der Waals surface area contributed by atoms with Crippen molar-refractivity contribution in [3.8, 4) is 0 Å². The summed E-state index contributed by atoms with van der Waals surface area (Å²) in [6.45, 7) is 1.58. The minimum Gasteiger partial charge on any atom is -0.480 e. The van der Waals surface area contributed by atoms with E-state index < -0.39 is 35.7 Å². The smallest absolute Gasteiger partial charge is 0.329 e. The van der Waals surface area contributed by atoms with E-state index in [1.54, 1.807) is 6.92 Å². The number of carbonyl (C=O) groups excluding carboxylic acids is 1. The van der Waals surface area contributed by atoms with Gasteiger partial charge in [-0.15, -0.1) is 0 Å². The predicted molar refractivity (Wildman–Crippen MR) is 64.3 cm³/mol. The fourth-order valence-electron chi connectivity index (χ4n) is 2.09. The lowest BCUT2D eigenvalue weighted by Crippen LogP contribution is -2.63. The first-order valence-electron chi connectivity index (χ1n) is 5.90. The Bertz CT molecular complexity index is 535. The van der Waals surface area contributed by atoms with Gasteiger partial charge in [-0.3, -0.25) is 4.79 Å². The van der Waals surface area contributed by atoms with E-state index >= 15 is 0 Å². The Balaban J connectivity index is 1.98. The van der Waals surface area contributed by atoms with Gasteiger partial charge in [0.15, 0.2) is 0 Å². The molecule has 1 heterocycles. The summed E-state index contributed by atoms with van der Waals surface area (Å²) in [6.07, 6.45) is 0. The molecular formula is C13H13F2NO4. The van der Waals surface area contributed by atoms with Crippen LogP contribution in [0.4, 0.5) is 8.78 Å². The third-order valence-corrected chi connectivity index (χ3v) is 2.99. The van der Waals surface area contributed by atoms with Crippen LogP contribution in [0.15, 0.2) is 18.2 Å². The summed E-state index contributed by atoms with van der Waals surface area (Å²) in [6, 6.07) is 2.60. The number of rotatable bonds is 4. The molecule has 0 aromatic heterocycles. The molecule has 1 aromatic rings. The number of hydrogen-bond acceptors (Lipinski definition) is 3. The first-order valence-corrected chi connectivity index (χ1v) is 5.90. The van der Waals surface area contributed by atoms with Crippen LogP contribution in [-0.2, 0) is 9.53 Å². The number of amides is 1. The molecule has 1 saturated heterocycles. The second kappa shape index (κ2) is 5.16. The Morgan fingerprint density at radius 1 is 1.30 bits per heavy atom. The number of nitrogens with zero attached hydrogens (tertiary/aromatic N) is 1. The van der Waals surface area contributed by atoms with Crippen LogP contribution < -0.4 is 0 Å². The zero-order valence-corrected chi connectivity index (χ0v) is 10.7. The van der Waals surface area contributed by atoms with E-state index in [1.807, 2.05) is 0 Å². The number of ether oxygens (including phenoxy) is 1. The molecule has 0 spiro atoms. The Morgan fingerprint density at radius 2 is 1.85 bits per heavy atom. The van der Waals surface area contributed by atoms with E-state index in [0.717, 1.165) is 12.1 Å². The number of halogens is 2. The topological polar surface area (TPSA) is 66.8 Å². The predicted octanol–water partition coefficient (Wildman–Crippen LogP) is 1.28. The Labute approximate surface area is 113 Å². The molecule has 0 atom stereocenters. The van der Waals surface area contributed by atoms with Crippen molar-refractivity contribution in [3.05, 3.63) is 35.4 Å². The number of carboxylic acid groups (broad SMARTS) is 1. The van der Waals surface area contributed by atoms with Crippen LogP contribution in [0.5, 0.6) is 0 Å². The summed E-state index contributed by atoms with van der Waals surface area (Å²) >= 11 is 0. The van der Waals surface area contributed by atoms with E-state index in [4.69, 9.17) is 9.84 Å². The van der Waals surface area contributed by atoms with Crippen LogP contribution in [0.25, 0.3) is 0 Å². The third kappa shape index (κ3) is 3.11. The van der Waals surface area contributed by atoms with Crippen molar-refractivity contribution in [2.45, 2.75) is 12.5 Å². The van der Waals surface area contributed by atoms with Crippen LogP contribution >= 0.6 is 0 Å². The highest BCUT2D eigenvalue weighted by Gasteiger charge is 2.43. The number of benzene rings is 1. The normalized spacial score (nSPS) is 16.6. The quantitative estimate of drug-likeness (QED) is 0.905. The Hall–Kier alpha value is -2.02. The van der Waals surface area contributed by atoms with Gasteiger partial charge in [0.1, 0.15) is 23.8 Å². The van der Waals surface area contributed by atoms with Gasteiger partial charge in [-0.2, -0.15) is 0 Å². The zero-order chi connectivity index (χ0) is 14.9. The van der Waals surface area contributed by atoms with Gasteiger partial charge >= 0.3 is 5.97 Å². The maximum atomic E-state index is 13.0. The lowest BCUT2D eigenvalue weighted by atomic mass is 9.95. The molecule has 0 unspecified atom stereocenters. The molecule has 5 nitrogen and oxygen atoms in total. The number of likely N-dealkylation sites (tertiary alicyclic amines) is 1. The maximum absolute atomic E-state index is 13.0. The van der Waals surface area contributed by atoms with Crippen molar-refractivity contribution in [3.63, 3.8) is 0 Å². The minimum absolute atomic E-state index is 0.0808. The van der Waals surface area contributed by atoms with Crippen molar-refractivity contribution in [1.29, 1.82) is 0 Å². The molecule has 1 N–H and O–H groups in total. The van der Waals surface area contributed by atoms with Gasteiger partial charge in [0.05, 0.1) is 13.1 Å². The van der Waals surface area contributed by atoms with Crippen molar-refractivity contribution in [2.24, 2.45) is 0 Å². The molecule has 2 rings (SSSR count). The highest BCUT2D eigenvalue weighted by atomic mass is 19.1. The molecule has 0 radical (unpaired) electrons. The molecule has 0 aliphatic carbocycles. The summed E-state index contributed by atoms with van der Waals surface area (Å²) in [5.41, 5.74) is -0.817. The molecular weight excluding hydrogens is 272 g/mol. The molecule has 108 valence electrons. The summed E-state index contributed by atoms with van der Waals surface area (Å²) < 4.78 is 31.2. The van der Waals surface area contributed by atoms with Crippen LogP contribution in [0.1, 0.15) is 17.3 Å². The van der Waals surface area contributed by atoms with Gasteiger partial charge in [-0.25, -0.2) is 13.6 Å². The van der Waals surface area contributed by atoms with Gasteiger partial charge in [0.2, 0.25) is 0 Å². The van der Waals surface area contributed by atoms with Gasteiger partial charge in [0, 0.05) is 11.6 Å². The van der Waals surface area contributed by atoms with Gasteiger partial charge in [-0.05, 0) is 19.1 Å². The standard InChI is InChI=1S/C13H13F2NO4/c1-13(20-5-11(17)18)6-16(7-13)12(19)8-2-9(14)4-10(15)3-8/h2-4H,5-7H2,1H3,(H,17,18). The van der Waals surface area contributed by atoms with E-state index in [-0.39, 0.29) is 18.7 Å². The molecule has 1 aliphatic heterocycles. The van der Waals surface area contributed by atoms with Gasteiger partial charge < -0.3 is 14.7 Å². The molecule has 0 bridgehead atoms. The molecule has 1 aromatic carbocycles. The largest absolute Gasteiger partial charge is 0.480 e. The van der Waals surface area contributed by atoms with E-state index in [2.05, 4.69) is 0 Å². The van der Waals surface area contributed by atoms with E-state index in [9.17, 15) is 18.4 Å². The molecule has 20 heavy (non-hydrogen) atoms. The molecule has 0 saturated carbocycles. The average Bonchev–Trinajstić information content (AvgIpc) is 2.31. The average molecular weight is 285 g/mol.